The minimum absolute atomic E-state index is 0.273. The third-order valence-corrected chi connectivity index (χ3v) is 1.63. The highest BCUT2D eigenvalue weighted by atomic mass is 16.5. The van der Waals surface area contributed by atoms with E-state index in [2.05, 4.69) is 11.9 Å². The summed E-state index contributed by atoms with van der Waals surface area (Å²) in [5.74, 6) is -0.273. The molecule has 0 aromatic carbocycles. The highest BCUT2D eigenvalue weighted by Gasteiger charge is 2.34. The molecular weight excluding hydrogens is 144 g/mol. The lowest BCUT2D eigenvalue weighted by Gasteiger charge is -2.31. The summed E-state index contributed by atoms with van der Waals surface area (Å²) in [7, 11) is 0. The van der Waals surface area contributed by atoms with Crippen LogP contribution in [0.3, 0.4) is 0 Å². The molecule has 1 unspecified atom stereocenters. The first-order valence-corrected chi connectivity index (χ1v) is 3.49. The summed E-state index contributed by atoms with van der Waals surface area (Å²) in [6, 6.07) is 0. The van der Waals surface area contributed by atoms with Crippen LogP contribution >= 0.6 is 0 Å². The van der Waals surface area contributed by atoms with Crippen LogP contribution < -0.4 is 11.1 Å². The molecule has 0 bridgehead atoms. The van der Waals surface area contributed by atoms with Gasteiger partial charge in [0.15, 0.2) is 5.72 Å². The zero-order chi connectivity index (χ0) is 8.32. The lowest BCUT2D eigenvalue weighted by molar-refractivity contribution is -0.142. The molecule has 0 saturated carbocycles. The normalized spacial score (nSPS) is 31.4. The first-order valence-electron chi connectivity index (χ1n) is 3.49. The molecule has 1 saturated heterocycles. The van der Waals surface area contributed by atoms with E-state index in [1.807, 2.05) is 0 Å². The molecule has 0 radical (unpaired) electrons. The molecule has 0 aromatic heterocycles. The third-order valence-electron chi connectivity index (χ3n) is 1.63. The van der Waals surface area contributed by atoms with Gasteiger partial charge in [-0.15, -0.1) is 0 Å². The Balaban J connectivity index is 2.63. The Morgan fingerprint density at radius 1 is 1.82 bits per heavy atom. The smallest absolute Gasteiger partial charge is 0.202 e. The molecule has 0 aromatic rings. The molecule has 4 heteroatoms. The second kappa shape index (κ2) is 3.13. The van der Waals surface area contributed by atoms with Crippen LogP contribution in [-0.2, 0) is 9.53 Å². The van der Waals surface area contributed by atoms with Crippen LogP contribution in [0.1, 0.15) is 0 Å². The van der Waals surface area contributed by atoms with Gasteiger partial charge < -0.3 is 10.1 Å². The SMILES string of the molecule is C=CC(=O)C1(N)CNCCO1. The van der Waals surface area contributed by atoms with Gasteiger partial charge in [0, 0.05) is 13.1 Å². The van der Waals surface area contributed by atoms with Gasteiger partial charge in [0.05, 0.1) is 6.61 Å². The van der Waals surface area contributed by atoms with Crippen LogP contribution in [0.5, 0.6) is 0 Å². The van der Waals surface area contributed by atoms with E-state index in [0.29, 0.717) is 13.2 Å². The predicted molar refractivity (Wildman–Crippen MR) is 40.9 cm³/mol. The Morgan fingerprint density at radius 3 is 3.00 bits per heavy atom. The Bertz CT molecular complexity index is 173. The van der Waals surface area contributed by atoms with Gasteiger partial charge in [-0.1, -0.05) is 6.58 Å². The Labute approximate surface area is 65.4 Å². The van der Waals surface area contributed by atoms with E-state index in [4.69, 9.17) is 10.5 Å². The van der Waals surface area contributed by atoms with Crippen molar-refractivity contribution in [2.75, 3.05) is 19.7 Å². The fraction of sp³-hybridized carbons (Fsp3) is 0.571. The zero-order valence-corrected chi connectivity index (χ0v) is 6.30. The number of hydrogen-bond acceptors (Lipinski definition) is 4. The molecule has 11 heavy (non-hydrogen) atoms. The number of rotatable bonds is 2. The van der Waals surface area contributed by atoms with Gasteiger partial charge in [-0.2, -0.15) is 0 Å². The van der Waals surface area contributed by atoms with Crippen LogP contribution in [0.15, 0.2) is 12.7 Å². The molecule has 1 heterocycles. The molecular formula is C7H12N2O2. The summed E-state index contributed by atoms with van der Waals surface area (Å²) in [5.41, 5.74) is 4.43. The van der Waals surface area contributed by atoms with Crippen molar-refractivity contribution >= 4 is 5.78 Å². The minimum Gasteiger partial charge on any atom is -0.350 e. The lowest BCUT2D eigenvalue weighted by atomic mass is 10.1. The van der Waals surface area contributed by atoms with Crippen LogP contribution in [0.4, 0.5) is 0 Å². The van der Waals surface area contributed by atoms with Gasteiger partial charge in [0.2, 0.25) is 5.78 Å². The van der Waals surface area contributed by atoms with Crippen molar-refractivity contribution in [3.8, 4) is 0 Å². The molecule has 1 aliphatic heterocycles. The second-order valence-corrected chi connectivity index (χ2v) is 2.48. The maximum Gasteiger partial charge on any atom is 0.202 e. The number of ether oxygens (including phenoxy) is 1. The van der Waals surface area contributed by atoms with E-state index in [1.165, 1.54) is 6.08 Å². The monoisotopic (exact) mass is 156 g/mol. The van der Waals surface area contributed by atoms with E-state index in [9.17, 15) is 4.79 Å². The number of nitrogens with one attached hydrogen (secondary N) is 1. The molecule has 1 rings (SSSR count). The fourth-order valence-corrected chi connectivity index (χ4v) is 0.961. The molecule has 0 spiro atoms. The predicted octanol–water partition coefficient (Wildman–Crippen LogP) is -0.984. The number of morpholine rings is 1. The van der Waals surface area contributed by atoms with Crippen LogP contribution in [-0.4, -0.2) is 31.2 Å². The van der Waals surface area contributed by atoms with Crippen LogP contribution in [0.2, 0.25) is 0 Å². The molecule has 1 atom stereocenters. The van der Waals surface area contributed by atoms with Crippen molar-refractivity contribution in [2.45, 2.75) is 5.72 Å². The van der Waals surface area contributed by atoms with Gasteiger partial charge in [-0.25, -0.2) is 0 Å². The third kappa shape index (κ3) is 1.65. The number of hydrogen-bond donors (Lipinski definition) is 2. The summed E-state index contributed by atoms with van der Waals surface area (Å²) in [4.78, 5) is 11.1. The summed E-state index contributed by atoms with van der Waals surface area (Å²) in [6.45, 7) is 4.91. The fourth-order valence-electron chi connectivity index (χ4n) is 0.961. The zero-order valence-electron chi connectivity index (χ0n) is 6.30. The van der Waals surface area contributed by atoms with E-state index < -0.39 is 5.72 Å². The largest absolute Gasteiger partial charge is 0.350 e. The first kappa shape index (κ1) is 8.39. The van der Waals surface area contributed by atoms with Crippen molar-refractivity contribution < 1.29 is 9.53 Å². The molecule has 62 valence electrons. The van der Waals surface area contributed by atoms with Crippen molar-refractivity contribution in [3.63, 3.8) is 0 Å². The maximum absolute atomic E-state index is 11.1. The molecule has 1 aliphatic rings. The molecule has 4 nitrogen and oxygen atoms in total. The van der Waals surface area contributed by atoms with Gasteiger partial charge in [-0.3, -0.25) is 10.5 Å². The Hall–Kier alpha value is -0.710. The molecule has 0 amide bonds. The highest BCUT2D eigenvalue weighted by molar-refractivity contribution is 5.96. The quantitative estimate of drug-likeness (QED) is 0.504. The standard InChI is InChI=1S/C7H12N2O2/c1-2-6(10)7(8)5-9-3-4-11-7/h2,9H,1,3-5,8H2. The number of carbonyl (C=O) groups excluding carboxylic acids is 1. The molecule has 0 aliphatic carbocycles. The van der Waals surface area contributed by atoms with Gasteiger partial charge in [0.1, 0.15) is 0 Å². The van der Waals surface area contributed by atoms with Crippen molar-refractivity contribution in [1.29, 1.82) is 0 Å². The van der Waals surface area contributed by atoms with E-state index in [-0.39, 0.29) is 5.78 Å². The average Bonchev–Trinajstić information content (AvgIpc) is 2.04. The molecule has 3 N–H and O–H groups in total. The first-order chi connectivity index (χ1) is 5.19. The second-order valence-electron chi connectivity index (χ2n) is 2.48. The summed E-state index contributed by atoms with van der Waals surface area (Å²) >= 11 is 0. The summed E-state index contributed by atoms with van der Waals surface area (Å²) < 4.78 is 5.11. The van der Waals surface area contributed by atoms with Gasteiger partial charge in [0.25, 0.3) is 0 Å². The van der Waals surface area contributed by atoms with E-state index >= 15 is 0 Å². The van der Waals surface area contributed by atoms with Crippen molar-refractivity contribution in [3.05, 3.63) is 12.7 Å². The van der Waals surface area contributed by atoms with Crippen LogP contribution in [0, 0.1) is 0 Å². The molecule has 1 fully saturated rings. The van der Waals surface area contributed by atoms with Gasteiger partial charge in [-0.05, 0) is 6.08 Å². The maximum atomic E-state index is 11.1. The topological polar surface area (TPSA) is 64.4 Å². The van der Waals surface area contributed by atoms with E-state index in [1.54, 1.807) is 0 Å². The average molecular weight is 156 g/mol. The number of nitrogens with two attached hydrogens (primary N) is 1. The number of ketones is 1. The lowest BCUT2D eigenvalue weighted by Crippen LogP contribution is -2.60. The Kier molecular flexibility index (Phi) is 2.38. The highest BCUT2D eigenvalue weighted by Crippen LogP contribution is 2.07. The van der Waals surface area contributed by atoms with E-state index in [0.717, 1.165) is 6.54 Å². The van der Waals surface area contributed by atoms with Crippen molar-refractivity contribution in [2.24, 2.45) is 5.73 Å². The van der Waals surface area contributed by atoms with Gasteiger partial charge >= 0.3 is 0 Å². The summed E-state index contributed by atoms with van der Waals surface area (Å²) in [5, 5.41) is 2.97. The van der Waals surface area contributed by atoms with Crippen molar-refractivity contribution in [1.82, 2.24) is 5.32 Å². The van der Waals surface area contributed by atoms with Crippen LogP contribution in [0.25, 0.3) is 0 Å². The Morgan fingerprint density at radius 2 is 2.55 bits per heavy atom. The minimum atomic E-state index is -1.18. The number of carbonyl (C=O) groups is 1. The summed E-state index contributed by atoms with van der Waals surface area (Å²) in [6.07, 6.45) is 1.19.